The predicted molar refractivity (Wildman–Crippen MR) is 119 cm³/mol. The van der Waals surface area contributed by atoms with Crippen LogP contribution in [0.4, 0.5) is 8.78 Å². The van der Waals surface area contributed by atoms with Gasteiger partial charge in [-0.15, -0.1) is 0 Å². The largest absolute Gasteiger partial charge is 0.494 e. The van der Waals surface area contributed by atoms with Crippen molar-refractivity contribution in [3.63, 3.8) is 0 Å². The number of benzene rings is 2. The van der Waals surface area contributed by atoms with Gasteiger partial charge in [-0.05, 0) is 29.8 Å². The number of methoxy groups -OCH3 is 1. The van der Waals surface area contributed by atoms with Gasteiger partial charge in [0.1, 0.15) is 24.2 Å². The summed E-state index contributed by atoms with van der Waals surface area (Å²) in [5, 5.41) is 8.92. The summed E-state index contributed by atoms with van der Waals surface area (Å²) in [5.74, 6) is -3.18. The normalized spacial score (nSPS) is 17.9. The molecule has 12 heteroatoms. The van der Waals surface area contributed by atoms with E-state index in [1.165, 1.54) is 25.3 Å². The minimum Gasteiger partial charge on any atom is -0.494 e. The fraction of sp³-hybridized carbons (Fsp3) is 0.348. The Morgan fingerprint density at radius 1 is 1.20 bits per heavy atom. The molecule has 0 spiro atoms. The van der Waals surface area contributed by atoms with Crippen LogP contribution in [0.1, 0.15) is 16.2 Å². The van der Waals surface area contributed by atoms with Gasteiger partial charge in [0.25, 0.3) is 11.5 Å². The van der Waals surface area contributed by atoms with Crippen molar-refractivity contribution in [3.8, 4) is 11.5 Å². The minimum absolute atomic E-state index is 0.00861. The molecule has 1 aromatic heterocycles. The number of aliphatic hydroxyl groups is 1. The third-order valence-corrected chi connectivity index (χ3v) is 5.46. The molecule has 1 aliphatic rings. The molecule has 4 rings (SSSR count). The number of aromatic nitrogens is 2. The van der Waals surface area contributed by atoms with Crippen molar-refractivity contribution in [1.29, 1.82) is 0 Å². The Bertz CT molecular complexity index is 1310. The first-order valence-electron chi connectivity index (χ1n) is 10.6. The Kier molecular flexibility index (Phi) is 7.24. The third-order valence-electron chi connectivity index (χ3n) is 5.46. The second kappa shape index (κ2) is 10.3. The second-order valence-electron chi connectivity index (χ2n) is 7.83. The maximum atomic E-state index is 14.8. The molecule has 1 aliphatic heterocycles. The number of rotatable bonds is 8. The molecular formula is C23H23F2N3O7. The van der Waals surface area contributed by atoms with Crippen molar-refractivity contribution < 1.29 is 37.6 Å². The van der Waals surface area contributed by atoms with E-state index >= 15 is 0 Å². The number of carbonyl (C=O) groups excluding carboxylic acids is 1. The lowest BCUT2D eigenvalue weighted by Gasteiger charge is -2.28. The van der Waals surface area contributed by atoms with Crippen LogP contribution in [0.2, 0.25) is 0 Å². The quantitative estimate of drug-likeness (QED) is 0.476. The topological polar surface area (TPSA) is 135 Å². The van der Waals surface area contributed by atoms with E-state index in [2.05, 4.69) is 4.98 Å². The Labute approximate surface area is 197 Å². The molecule has 0 radical (unpaired) electrons. The van der Waals surface area contributed by atoms with Crippen LogP contribution in [-0.2, 0) is 16.0 Å². The van der Waals surface area contributed by atoms with Crippen molar-refractivity contribution in [2.75, 3.05) is 33.5 Å². The van der Waals surface area contributed by atoms with Crippen LogP contribution in [0.3, 0.4) is 0 Å². The first kappa shape index (κ1) is 24.5. The highest BCUT2D eigenvalue weighted by Gasteiger charge is 2.25. The number of amides is 1. The Hall–Kier alpha value is -3.61. The van der Waals surface area contributed by atoms with Crippen molar-refractivity contribution in [2.45, 2.75) is 18.8 Å². The van der Waals surface area contributed by atoms with Gasteiger partial charge in [0.05, 0.1) is 39.0 Å². The van der Waals surface area contributed by atoms with E-state index in [4.69, 9.17) is 29.8 Å². The zero-order valence-electron chi connectivity index (χ0n) is 18.7. The third kappa shape index (κ3) is 5.09. The number of nitrogens with two attached hydrogens (primary N) is 1. The van der Waals surface area contributed by atoms with E-state index in [1.807, 2.05) is 0 Å². The summed E-state index contributed by atoms with van der Waals surface area (Å²) in [5.41, 5.74) is 5.10. The SMILES string of the molecule is COc1cc(Cn2c(C(N)=O)nc3ccc(F)c(OCC4COC(CO)CO4)c3c2=O)ccc1F. The van der Waals surface area contributed by atoms with E-state index in [1.54, 1.807) is 0 Å². The number of hydrogen-bond acceptors (Lipinski definition) is 8. The average molecular weight is 491 g/mol. The molecule has 2 heterocycles. The number of carbonyl (C=O) groups is 1. The van der Waals surface area contributed by atoms with Crippen molar-refractivity contribution in [3.05, 3.63) is 63.7 Å². The maximum absolute atomic E-state index is 14.8. The molecule has 1 amide bonds. The van der Waals surface area contributed by atoms with Gasteiger partial charge in [-0.25, -0.2) is 13.8 Å². The molecule has 10 nitrogen and oxygen atoms in total. The smallest absolute Gasteiger partial charge is 0.284 e. The zero-order chi connectivity index (χ0) is 25.1. The molecule has 3 N–H and O–H groups in total. The van der Waals surface area contributed by atoms with E-state index in [9.17, 15) is 18.4 Å². The first-order chi connectivity index (χ1) is 16.8. The van der Waals surface area contributed by atoms with E-state index in [0.717, 1.165) is 16.7 Å². The van der Waals surface area contributed by atoms with Gasteiger partial charge >= 0.3 is 0 Å². The van der Waals surface area contributed by atoms with Crippen LogP contribution in [0.25, 0.3) is 10.9 Å². The Morgan fingerprint density at radius 2 is 1.91 bits per heavy atom. The van der Waals surface area contributed by atoms with Gasteiger partial charge in [0.15, 0.2) is 23.1 Å². The molecule has 0 bridgehead atoms. The summed E-state index contributed by atoms with van der Waals surface area (Å²) < 4.78 is 51.1. The standard InChI is InChI=1S/C23H23F2N3O7/c1-32-18-6-12(2-3-15(18)24)7-28-22(21(26)30)27-17-5-4-16(25)20(19(17)23(28)31)35-11-14-10-33-13(8-29)9-34-14/h2-6,13-14,29H,7-11H2,1H3,(H2,26,30). The molecule has 2 unspecified atom stereocenters. The highest BCUT2D eigenvalue weighted by Crippen LogP contribution is 2.27. The van der Waals surface area contributed by atoms with Crippen molar-refractivity contribution >= 4 is 16.8 Å². The van der Waals surface area contributed by atoms with E-state index in [-0.39, 0.29) is 61.2 Å². The number of nitrogens with zero attached hydrogens (tertiary/aromatic N) is 2. The fourth-order valence-electron chi connectivity index (χ4n) is 3.67. The summed E-state index contributed by atoms with van der Waals surface area (Å²) in [7, 11) is 1.29. The van der Waals surface area contributed by atoms with Crippen LogP contribution in [0, 0.1) is 11.6 Å². The first-order valence-corrected chi connectivity index (χ1v) is 10.6. The molecule has 1 saturated heterocycles. The average Bonchev–Trinajstić information content (AvgIpc) is 2.86. The van der Waals surface area contributed by atoms with Gasteiger partial charge in [-0.1, -0.05) is 6.07 Å². The molecule has 2 aromatic carbocycles. The number of halogens is 2. The van der Waals surface area contributed by atoms with E-state index in [0.29, 0.717) is 5.56 Å². The summed E-state index contributed by atoms with van der Waals surface area (Å²) in [4.78, 5) is 29.7. The number of aliphatic hydroxyl groups excluding tert-OH is 1. The maximum Gasteiger partial charge on any atom is 0.284 e. The summed E-state index contributed by atoms with van der Waals surface area (Å²) in [6, 6.07) is 6.22. The van der Waals surface area contributed by atoms with Crippen LogP contribution < -0.4 is 20.8 Å². The molecule has 35 heavy (non-hydrogen) atoms. The second-order valence-corrected chi connectivity index (χ2v) is 7.83. The Balaban J connectivity index is 1.73. The highest BCUT2D eigenvalue weighted by molar-refractivity contribution is 5.93. The minimum atomic E-state index is -0.976. The van der Waals surface area contributed by atoms with Crippen LogP contribution in [0.5, 0.6) is 11.5 Å². The molecule has 1 fully saturated rings. The van der Waals surface area contributed by atoms with E-state index < -0.39 is 35.3 Å². The summed E-state index contributed by atoms with van der Waals surface area (Å²) in [6.07, 6.45) is -1.01. The number of ether oxygens (including phenoxy) is 4. The predicted octanol–water partition coefficient (Wildman–Crippen LogP) is 0.986. The molecular weight excluding hydrogens is 468 g/mol. The van der Waals surface area contributed by atoms with Crippen molar-refractivity contribution in [2.24, 2.45) is 5.73 Å². The molecule has 2 atom stereocenters. The van der Waals surface area contributed by atoms with Gasteiger partial charge in [0, 0.05) is 0 Å². The lowest BCUT2D eigenvalue weighted by Crippen LogP contribution is -2.40. The number of hydrogen-bond donors (Lipinski definition) is 2. The van der Waals surface area contributed by atoms with Crippen LogP contribution in [-0.4, -0.2) is 66.3 Å². The van der Waals surface area contributed by atoms with Gasteiger partial charge in [-0.3, -0.25) is 14.2 Å². The zero-order valence-corrected chi connectivity index (χ0v) is 18.7. The lowest BCUT2D eigenvalue weighted by molar-refractivity contribution is -0.153. The van der Waals surface area contributed by atoms with Gasteiger partial charge in [0.2, 0.25) is 5.82 Å². The Morgan fingerprint density at radius 3 is 2.57 bits per heavy atom. The molecule has 0 saturated carbocycles. The summed E-state index contributed by atoms with van der Waals surface area (Å²) >= 11 is 0. The van der Waals surface area contributed by atoms with Crippen LogP contribution in [0.15, 0.2) is 35.1 Å². The highest BCUT2D eigenvalue weighted by atomic mass is 19.1. The van der Waals surface area contributed by atoms with Gasteiger partial charge < -0.3 is 29.8 Å². The lowest BCUT2D eigenvalue weighted by atomic mass is 10.1. The molecule has 3 aromatic rings. The monoisotopic (exact) mass is 491 g/mol. The summed E-state index contributed by atoms with van der Waals surface area (Å²) in [6.45, 7) is -0.299. The van der Waals surface area contributed by atoms with Gasteiger partial charge in [-0.2, -0.15) is 0 Å². The number of fused-ring (bicyclic) bond motifs is 1. The molecule has 186 valence electrons. The van der Waals surface area contributed by atoms with Crippen LogP contribution >= 0.6 is 0 Å². The fourth-order valence-corrected chi connectivity index (χ4v) is 3.67. The molecule has 0 aliphatic carbocycles. The van der Waals surface area contributed by atoms with Crippen molar-refractivity contribution in [1.82, 2.24) is 9.55 Å². The number of primary amides is 1.